The van der Waals surface area contributed by atoms with E-state index in [0.717, 1.165) is 13.1 Å². The molecule has 0 aliphatic carbocycles. The van der Waals surface area contributed by atoms with Crippen molar-refractivity contribution in [3.8, 4) is 0 Å². The third kappa shape index (κ3) is 3.74. The summed E-state index contributed by atoms with van der Waals surface area (Å²) in [6.45, 7) is 8.15. The Labute approximate surface area is 145 Å². The Kier molecular flexibility index (Phi) is 5.48. The van der Waals surface area contributed by atoms with Crippen LogP contribution < -0.4 is 4.90 Å². The van der Waals surface area contributed by atoms with Gasteiger partial charge in [0.05, 0.1) is 0 Å². The Balaban J connectivity index is 1.58. The van der Waals surface area contributed by atoms with Gasteiger partial charge in [0.25, 0.3) is 11.9 Å². The number of likely N-dealkylation sites (tertiary alicyclic amines) is 1. The zero-order chi connectivity index (χ0) is 18.1. The first-order valence-corrected chi connectivity index (χ1v) is 8.81. The maximum Gasteiger partial charge on any atom is 0.253 e. The summed E-state index contributed by atoms with van der Waals surface area (Å²) in [5.74, 6) is -6.05. The second-order valence-corrected chi connectivity index (χ2v) is 7.01. The van der Waals surface area contributed by atoms with Crippen LogP contribution >= 0.6 is 0 Å². The van der Waals surface area contributed by atoms with E-state index in [0.29, 0.717) is 38.3 Å². The number of hydrogen-bond acceptors (Lipinski definition) is 4. The van der Waals surface area contributed by atoms with E-state index in [-0.39, 0.29) is 0 Å². The molecule has 0 N–H and O–H groups in total. The Morgan fingerprint density at radius 3 is 1.88 bits per heavy atom. The van der Waals surface area contributed by atoms with Gasteiger partial charge in [-0.2, -0.15) is 22.5 Å². The predicted octanol–water partition coefficient (Wildman–Crippen LogP) is 2.63. The number of hydrogen-bond donors (Lipinski definition) is 0. The van der Waals surface area contributed by atoms with E-state index in [9.17, 15) is 17.6 Å². The molecule has 0 bridgehead atoms. The van der Waals surface area contributed by atoms with Gasteiger partial charge in [0.2, 0.25) is 11.6 Å². The first-order chi connectivity index (χ1) is 11.9. The van der Waals surface area contributed by atoms with Gasteiger partial charge in [0.15, 0.2) is 0 Å². The fourth-order valence-corrected chi connectivity index (χ4v) is 3.89. The number of anilines is 1. The standard InChI is InChI=1S/C17H24F4N4/c1-11-3-4-12(2)25(11)10-7-23-5-8-24(9-6-23)15-13(18)16(20)22-17(21)14(15)19/h11-12H,3-10H2,1-2H3. The lowest BCUT2D eigenvalue weighted by Crippen LogP contribution is -2.49. The number of rotatable bonds is 4. The van der Waals surface area contributed by atoms with Crippen molar-refractivity contribution < 1.29 is 17.6 Å². The minimum absolute atomic E-state index is 0.321. The largest absolute Gasteiger partial charge is 0.364 e. The van der Waals surface area contributed by atoms with Crippen LogP contribution in [0.2, 0.25) is 0 Å². The lowest BCUT2D eigenvalue weighted by atomic mass is 10.2. The quantitative estimate of drug-likeness (QED) is 0.608. The molecule has 0 aromatic carbocycles. The molecule has 2 fully saturated rings. The van der Waals surface area contributed by atoms with Crippen LogP contribution in [0.15, 0.2) is 0 Å². The fourth-order valence-electron chi connectivity index (χ4n) is 3.89. The number of aromatic nitrogens is 1. The highest BCUT2D eigenvalue weighted by Crippen LogP contribution is 2.27. The van der Waals surface area contributed by atoms with Gasteiger partial charge in [0, 0.05) is 51.4 Å². The molecule has 2 aliphatic heterocycles. The summed E-state index contributed by atoms with van der Waals surface area (Å²) in [6, 6.07) is 1.17. The van der Waals surface area contributed by atoms with E-state index in [1.807, 2.05) is 0 Å². The van der Waals surface area contributed by atoms with E-state index >= 15 is 0 Å². The Hall–Kier alpha value is -1.41. The molecule has 3 rings (SSSR count). The van der Waals surface area contributed by atoms with Crippen molar-refractivity contribution in [2.45, 2.75) is 38.8 Å². The molecular formula is C17H24F4N4. The van der Waals surface area contributed by atoms with Crippen LogP contribution in [-0.2, 0) is 0 Å². The molecule has 1 aromatic heterocycles. The Morgan fingerprint density at radius 1 is 0.840 bits per heavy atom. The van der Waals surface area contributed by atoms with Crippen LogP contribution in [0.3, 0.4) is 0 Å². The van der Waals surface area contributed by atoms with Gasteiger partial charge >= 0.3 is 0 Å². The minimum Gasteiger partial charge on any atom is -0.364 e. The van der Waals surface area contributed by atoms with Crippen molar-refractivity contribution in [3.05, 3.63) is 23.5 Å². The number of nitrogens with zero attached hydrogens (tertiary/aromatic N) is 4. The van der Waals surface area contributed by atoms with Gasteiger partial charge in [-0.25, -0.2) is 0 Å². The van der Waals surface area contributed by atoms with Gasteiger partial charge in [0.1, 0.15) is 5.69 Å². The van der Waals surface area contributed by atoms with Gasteiger partial charge in [-0.15, -0.1) is 0 Å². The average Bonchev–Trinajstić information content (AvgIpc) is 2.91. The topological polar surface area (TPSA) is 22.6 Å². The molecular weight excluding hydrogens is 336 g/mol. The highest BCUT2D eigenvalue weighted by atomic mass is 19.2. The molecule has 0 saturated carbocycles. The van der Waals surface area contributed by atoms with Gasteiger partial charge in [-0.1, -0.05) is 0 Å². The summed E-state index contributed by atoms with van der Waals surface area (Å²) in [7, 11) is 0. The molecule has 8 heteroatoms. The van der Waals surface area contributed by atoms with Gasteiger partial charge in [-0.3, -0.25) is 9.80 Å². The van der Waals surface area contributed by atoms with Gasteiger partial charge < -0.3 is 4.90 Å². The summed E-state index contributed by atoms with van der Waals surface area (Å²) in [4.78, 5) is 8.67. The summed E-state index contributed by atoms with van der Waals surface area (Å²) in [6.07, 6.45) is 2.43. The van der Waals surface area contributed by atoms with Crippen LogP contribution in [0.4, 0.5) is 23.2 Å². The molecule has 0 amide bonds. The first kappa shape index (κ1) is 18.4. The first-order valence-electron chi connectivity index (χ1n) is 8.81. The molecule has 3 heterocycles. The maximum atomic E-state index is 13.9. The molecule has 4 nitrogen and oxygen atoms in total. The normalized spacial score (nSPS) is 25.8. The number of pyridine rings is 1. The second kappa shape index (κ2) is 7.45. The second-order valence-electron chi connectivity index (χ2n) is 7.01. The highest BCUT2D eigenvalue weighted by Gasteiger charge is 2.30. The van der Waals surface area contributed by atoms with Crippen molar-refractivity contribution in [3.63, 3.8) is 0 Å². The molecule has 140 valence electrons. The zero-order valence-electron chi connectivity index (χ0n) is 14.6. The molecule has 1 aromatic rings. The van der Waals surface area contributed by atoms with Gasteiger partial charge in [-0.05, 0) is 26.7 Å². The molecule has 0 radical (unpaired) electrons. The lowest BCUT2D eigenvalue weighted by Gasteiger charge is -2.37. The van der Waals surface area contributed by atoms with Crippen LogP contribution in [0.1, 0.15) is 26.7 Å². The monoisotopic (exact) mass is 360 g/mol. The maximum absolute atomic E-state index is 13.9. The minimum atomic E-state index is -1.60. The van der Waals surface area contributed by atoms with E-state index < -0.39 is 29.2 Å². The third-order valence-corrected chi connectivity index (χ3v) is 5.47. The summed E-state index contributed by atoms with van der Waals surface area (Å²) < 4.78 is 54.3. The summed E-state index contributed by atoms with van der Waals surface area (Å²) >= 11 is 0. The van der Waals surface area contributed by atoms with Crippen LogP contribution in [0.5, 0.6) is 0 Å². The highest BCUT2D eigenvalue weighted by molar-refractivity contribution is 5.49. The number of piperazine rings is 1. The Morgan fingerprint density at radius 2 is 1.36 bits per heavy atom. The van der Waals surface area contributed by atoms with Crippen molar-refractivity contribution in [1.82, 2.24) is 14.8 Å². The van der Waals surface area contributed by atoms with E-state index in [4.69, 9.17) is 0 Å². The van der Waals surface area contributed by atoms with Crippen molar-refractivity contribution >= 4 is 5.69 Å². The van der Waals surface area contributed by atoms with Crippen LogP contribution in [-0.4, -0.2) is 66.1 Å². The van der Waals surface area contributed by atoms with Crippen molar-refractivity contribution in [2.24, 2.45) is 0 Å². The van der Waals surface area contributed by atoms with Crippen LogP contribution in [0.25, 0.3) is 0 Å². The molecule has 0 spiro atoms. The van der Waals surface area contributed by atoms with E-state index in [1.54, 1.807) is 0 Å². The predicted molar refractivity (Wildman–Crippen MR) is 87.6 cm³/mol. The molecule has 25 heavy (non-hydrogen) atoms. The SMILES string of the molecule is CC1CCC(C)N1CCN1CCN(c2c(F)c(F)nc(F)c2F)CC1. The molecule has 2 saturated heterocycles. The molecule has 2 atom stereocenters. The smallest absolute Gasteiger partial charge is 0.253 e. The zero-order valence-corrected chi connectivity index (χ0v) is 14.6. The molecule has 2 unspecified atom stereocenters. The van der Waals surface area contributed by atoms with E-state index in [1.165, 1.54) is 17.7 Å². The lowest BCUT2D eigenvalue weighted by molar-refractivity contribution is 0.165. The summed E-state index contributed by atoms with van der Waals surface area (Å²) in [5.41, 5.74) is -0.647. The van der Waals surface area contributed by atoms with Crippen LogP contribution in [0, 0.1) is 23.5 Å². The third-order valence-electron chi connectivity index (χ3n) is 5.47. The van der Waals surface area contributed by atoms with Crippen molar-refractivity contribution in [1.29, 1.82) is 0 Å². The Bertz CT molecular complexity index is 583. The van der Waals surface area contributed by atoms with Crippen molar-refractivity contribution in [2.75, 3.05) is 44.2 Å². The fraction of sp³-hybridized carbons (Fsp3) is 0.706. The average molecular weight is 360 g/mol. The molecule has 2 aliphatic rings. The number of halogens is 4. The van der Waals surface area contributed by atoms with E-state index in [2.05, 4.69) is 28.6 Å². The summed E-state index contributed by atoms with van der Waals surface area (Å²) in [5, 5.41) is 0.